The highest BCUT2D eigenvalue weighted by Gasteiger charge is 2.10. The number of nitrogens with one attached hydrogen (secondary N) is 1. The molecular formula is C8H8NO4S. The fourth-order valence-corrected chi connectivity index (χ4v) is 1.38. The van der Waals surface area contributed by atoms with Crippen LogP contribution in [0.5, 0.6) is 0 Å². The highest BCUT2D eigenvalue weighted by atomic mass is 32.2. The summed E-state index contributed by atoms with van der Waals surface area (Å²) in [6, 6.07) is 5.00. The largest absolute Gasteiger partial charge is 0.326 e. The van der Waals surface area contributed by atoms with Crippen molar-refractivity contribution in [3.05, 3.63) is 24.3 Å². The van der Waals surface area contributed by atoms with Gasteiger partial charge in [0.15, 0.2) is 0 Å². The fraction of sp³-hybridized carbons (Fsp3) is 0.125. The molecule has 0 aromatic heterocycles. The van der Waals surface area contributed by atoms with Crippen LogP contribution in [0.15, 0.2) is 29.2 Å². The summed E-state index contributed by atoms with van der Waals surface area (Å²) < 4.78 is 31.6. The van der Waals surface area contributed by atoms with Gasteiger partial charge in [0, 0.05) is 12.6 Å². The molecule has 1 radical (unpaired) electrons. The summed E-state index contributed by atoms with van der Waals surface area (Å²) in [6.07, 6.45) is 0. The van der Waals surface area contributed by atoms with Crippen LogP contribution in [0.4, 0.5) is 5.69 Å². The molecule has 1 aromatic carbocycles. The number of amides is 1. The smallest absolute Gasteiger partial charge is 0.324 e. The second kappa shape index (κ2) is 3.77. The topological polar surface area (TPSA) is 83.1 Å². The van der Waals surface area contributed by atoms with Gasteiger partial charge in [-0.2, -0.15) is 8.42 Å². The monoisotopic (exact) mass is 214 g/mol. The van der Waals surface area contributed by atoms with Crippen LogP contribution in [0.1, 0.15) is 6.92 Å². The predicted octanol–water partition coefficient (Wildman–Crippen LogP) is 0.764. The van der Waals surface area contributed by atoms with E-state index in [4.69, 9.17) is 0 Å². The van der Waals surface area contributed by atoms with Gasteiger partial charge in [0.05, 0.1) is 4.90 Å². The summed E-state index contributed by atoms with van der Waals surface area (Å²) in [4.78, 5) is 10.3. The van der Waals surface area contributed by atoms with Crippen LogP contribution < -0.4 is 5.32 Å². The average molecular weight is 214 g/mol. The maximum atomic E-state index is 10.6. The summed E-state index contributed by atoms with van der Waals surface area (Å²) in [5.41, 5.74) is 0.449. The molecule has 1 aromatic rings. The van der Waals surface area contributed by atoms with Crippen molar-refractivity contribution >= 4 is 21.7 Å². The highest BCUT2D eigenvalue weighted by molar-refractivity contribution is 7.85. The molecule has 1 N–H and O–H groups in total. The summed E-state index contributed by atoms with van der Waals surface area (Å²) in [5.74, 6) is -0.261. The second-order valence-corrected chi connectivity index (χ2v) is 4.04. The van der Waals surface area contributed by atoms with Gasteiger partial charge in [0.25, 0.3) is 0 Å². The third kappa shape index (κ3) is 2.82. The summed E-state index contributed by atoms with van der Waals surface area (Å²) in [6.45, 7) is 1.33. The SMILES string of the molecule is CC(=O)Nc1ccc(S([O])(=O)=O)cc1. The van der Waals surface area contributed by atoms with Crippen LogP contribution >= 0.6 is 0 Å². The molecule has 0 aliphatic heterocycles. The van der Waals surface area contributed by atoms with Crippen molar-refractivity contribution < 1.29 is 17.8 Å². The summed E-state index contributed by atoms with van der Waals surface area (Å²) in [7, 11) is -4.41. The Kier molecular flexibility index (Phi) is 2.87. The van der Waals surface area contributed by atoms with Crippen molar-refractivity contribution in [1.82, 2.24) is 0 Å². The lowest BCUT2D eigenvalue weighted by Gasteiger charge is -2.01. The maximum absolute atomic E-state index is 10.6. The van der Waals surface area contributed by atoms with Crippen molar-refractivity contribution in [2.45, 2.75) is 11.8 Å². The predicted molar refractivity (Wildman–Crippen MR) is 48.6 cm³/mol. The second-order valence-electron chi connectivity index (χ2n) is 2.66. The van der Waals surface area contributed by atoms with Crippen LogP contribution in [0.2, 0.25) is 0 Å². The molecule has 14 heavy (non-hydrogen) atoms. The number of hydrogen-bond acceptors (Lipinski definition) is 3. The Morgan fingerprint density at radius 3 is 2.07 bits per heavy atom. The van der Waals surface area contributed by atoms with Crippen LogP contribution in [0.3, 0.4) is 0 Å². The Morgan fingerprint density at radius 2 is 1.71 bits per heavy atom. The van der Waals surface area contributed by atoms with Gasteiger partial charge in [0.2, 0.25) is 5.91 Å². The molecule has 6 heteroatoms. The van der Waals surface area contributed by atoms with E-state index in [2.05, 4.69) is 5.32 Å². The van der Waals surface area contributed by atoms with E-state index in [9.17, 15) is 17.8 Å². The zero-order chi connectivity index (χ0) is 10.8. The minimum absolute atomic E-state index is 0.261. The molecular weight excluding hydrogens is 206 g/mol. The number of hydrogen-bond donors (Lipinski definition) is 1. The van der Waals surface area contributed by atoms with E-state index in [0.29, 0.717) is 5.69 Å². The first-order chi connectivity index (χ1) is 6.39. The van der Waals surface area contributed by atoms with Gasteiger partial charge in [-0.3, -0.25) is 4.79 Å². The first-order valence-corrected chi connectivity index (χ1v) is 5.14. The van der Waals surface area contributed by atoms with Crippen molar-refractivity contribution in [3.8, 4) is 0 Å². The zero-order valence-electron chi connectivity index (χ0n) is 7.35. The zero-order valence-corrected chi connectivity index (χ0v) is 8.17. The van der Waals surface area contributed by atoms with Crippen molar-refractivity contribution in [2.75, 3.05) is 5.32 Å². The summed E-state index contributed by atoms with van der Waals surface area (Å²) in [5, 5.41) is 2.45. The van der Waals surface area contributed by atoms with Gasteiger partial charge in [-0.05, 0) is 24.3 Å². The van der Waals surface area contributed by atoms with E-state index < -0.39 is 10.1 Å². The maximum Gasteiger partial charge on any atom is 0.324 e. The molecule has 75 valence electrons. The van der Waals surface area contributed by atoms with E-state index in [0.717, 1.165) is 12.1 Å². The molecule has 0 fully saturated rings. The molecule has 0 unspecified atom stereocenters. The molecule has 0 bridgehead atoms. The fourth-order valence-electron chi connectivity index (χ4n) is 0.908. The molecule has 0 heterocycles. The lowest BCUT2D eigenvalue weighted by molar-refractivity contribution is -0.114. The molecule has 0 aliphatic carbocycles. The van der Waals surface area contributed by atoms with Gasteiger partial charge in [-0.25, -0.2) is 0 Å². The lowest BCUT2D eigenvalue weighted by Crippen LogP contribution is -2.05. The molecule has 0 aliphatic rings. The molecule has 0 saturated carbocycles. The average Bonchev–Trinajstić information content (AvgIpc) is 2.02. The highest BCUT2D eigenvalue weighted by Crippen LogP contribution is 2.13. The van der Waals surface area contributed by atoms with E-state index in [1.54, 1.807) is 0 Å². The van der Waals surface area contributed by atoms with Gasteiger partial charge < -0.3 is 5.32 Å². The minimum Gasteiger partial charge on any atom is -0.326 e. The van der Waals surface area contributed by atoms with Gasteiger partial charge in [0.1, 0.15) is 0 Å². The number of carbonyl (C=O) groups is 1. The molecule has 5 nitrogen and oxygen atoms in total. The third-order valence-electron chi connectivity index (χ3n) is 1.46. The van der Waals surface area contributed by atoms with Crippen LogP contribution in [0.25, 0.3) is 0 Å². The number of anilines is 1. The van der Waals surface area contributed by atoms with Crippen LogP contribution in [-0.4, -0.2) is 14.3 Å². The van der Waals surface area contributed by atoms with Crippen LogP contribution in [-0.2, 0) is 19.5 Å². The van der Waals surface area contributed by atoms with Crippen molar-refractivity contribution in [1.29, 1.82) is 0 Å². The van der Waals surface area contributed by atoms with Gasteiger partial charge in [-0.15, -0.1) is 0 Å². The number of rotatable bonds is 2. The Labute approximate surface area is 81.5 Å². The third-order valence-corrected chi connectivity index (χ3v) is 2.31. The Hall–Kier alpha value is -1.40. The Balaban J connectivity index is 2.95. The molecule has 0 saturated heterocycles. The quantitative estimate of drug-likeness (QED) is 0.789. The first-order valence-electron chi connectivity index (χ1n) is 3.73. The van der Waals surface area contributed by atoms with Gasteiger partial charge >= 0.3 is 10.1 Å². The standard InChI is InChI=1S/C8H8NO4S/c1-6(10)9-7-2-4-8(5-3-7)14(11,12)13/h2-5H,1H3,(H,9,10). The van der Waals surface area contributed by atoms with E-state index in [-0.39, 0.29) is 10.8 Å². The lowest BCUT2D eigenvalue weighted by atomic mass is 10.3. The Morgan fingerprint density at radius 1 is 1.21 bits per heavy atom. The molecule has 1 rings (SSSR count). The van der Waals surface area contributed by atoms with E-state index >= 15 is 0 Å². The molecule has 0 atom stereocenters. The van der Waals surface area contributed by atoms with Crippen LogP contribution in [0, 0.1) is 0 Å². The van der Waals surface area contributed by atoms with Crippen molar-refractivity contribution in [3.63, 3.8) is 0 Å². The summed E-state index contributed by atoms with van der Waals surface area (Å²) >= 11 is 0. The molecule has 0 spiro atoms. The normalized spacial score (nSPS) is 11.0. The van der Waals surface area contributed by atoms with Gasteiger partial charge in [-0.1, -0.05) is 4.55 Å². The first kappa shape index (κ1) is 10.7. The number of benzene rings is 1. The Bertz CT molecular complexity index is 435. The number of carbonyl (C=O) groups excluding carboxylic acids is 1. The minimum atomic E-state index is -4.41. The van der Waals surface area contributed by atoms with E-state index in [1.807, 2.05) is 0 Å². The van der Waals surface area contributed by atoms with E-state index in [1.165, 1.54) is 19.1 Å². The molecule has 1 amide bonds. The van der Waals surface area contributed by atoms with Crippen molar-refractivity contribution in [2.24, 2.45) is 0 Å².